The number of phenols is 1. The minimum Gasteiger partial charge on any atom is -0.504 e. The fraction of sp³-hybridized carbons (Fsp3) is 0.682. The zero-order chi connectivity index (χ0) is 20.8. The highest BCUT2D eigenvalue weighted by Gasteiger charge is 2.18. The van der Waals surface area contributed by atoms with Crippen LogP contribution in [0.15, 0.2) is 6.07 Å². The molecular weight excluding hydrogens is 360 g/mol. The number of hydrogen-bond donors (Lipinski definition) is 1. The molecule has 0 fully saturated rings. The van der Waals surface area contributed by atoms with Crippen molar-refractivity contribution < 1.29 is 28.8 Å². The largest absolute Gasteiger partial charge is 0.504 e. The molecule has 1 N–H and O–H groups in total. The number of carbonyl (C=O) groups excluding carboxylic acids is 1. The predicted octanol–water partition coefficient (Wildman–Crippen LogP) is 5.17. The van der Waals surface area contributed by atoms with E-state index in [1.165, 1.54) is 46.1 Å². The van der Waals surface area contributed by atoms with Crippen LogP contribution in [0.1, 0.15) is 70.3 Å². The highest BCUT2D eigenvalue weighted by molar-refractivity contribution is 5.65. The van der Waals surface area contributed by atoms with Crippen LogP contribution in [0.4, 0.5) is 0 Å². The fourth-order valence-electron chi connectivity index (χ4n) is 3.13. The first-order valence-electron chi connectivity index (χ1n) is 10.2. The molecule has 0 heterocycles. The Hall–Kier alpha value is -2.11. The summed E-state index contributed by atoms with van der Waals surface area (Å²) >= 11 is 0. The molecule has 0 aliphatic carbocycles. The van der Waals surface area contributed by atoms with E-state index in [9.17, 15) is 9.90 Å². The van der Waals surface area contributed by atoms with E-state index in [2.05, 4.69) is 0 Å². The van der Waals surface area contributed by atoms with Crippen molar-refractivity contribution in [2.75, 3.05) is 27.4 Å². The molecule has 1 aromatic rings. The van der Waals surface area contributed by atoms with Crippen molar-refractivity contribution in [3.05, 3.63) is 11.6 Å². The molecule has 0 aliphatic heterocycles. The first-order chi connectivity index (χ1) is 13.5. The molecule has 0 spiro atoms. The third-order valence-corrected chi connectivity index (χ3v) is 4.61. The van der Waals surface area contributed by atoms with Gasteiger partial charge in [-0.25, -0.2) is 0 Å². The van der Waals surface area contributed by atoms with E-state index in [1.807, 2.05) is 6.92 Å². The van der Waals surface area contributed by atoms with E-state index < -0.39 is 0 Å². The van der Waals surface area contributed by atoms with Gasteiger partial charge in [0, 0.05) is 6.92 Å². The van der Waals surface area contributed by atoms with Gasteiger partial charge in [0.1, 0.15) is 0 Å². The molecule has 0 saturated carbocycles. The Morgan fingerprint density at radius 1 is 0.821 bits per heavy atom. The first kappa shape index (κ1) is 23.9. The van der Waals surface area contributed by atoms with E-state index in [1.54, 1.807) is 13.2 Å². The van der Waals surface area contributed by atoms with Gasteiger partial charge in [-0.3, -0.25) is 4.79 Å². The lowest BCUT2D eigenvalue weighted by Gasteiger charge is -2.17. The Balaban J connectivity index is 2.13. The van der Waals surface area contributed by atoms with Gasteiger partial charge in [0.05, 0.1) is 27.4 Å². The van der Waals surface area contributed by atoms with Crippen LogP contribution in [0.25, 0.3) is 0 Å². The van der Waals surface area contributed by atoms with Gasteiger partial charge in [0.15, 0.2) is 11.5 Å². The molecule has 6 heteroatoms. The van der Waals surface area contributed by atoms with Gasteiger partial charge in [0.25, 0.3) is 0 Å². The monoisotopic (exact) mass is 396 g/mol. The molecule has 1 rings (SSSR count). The second-order valence-electron chi connectivity index (χ2n) is 6.98. The van der Waals surface area contributed by atoms with Crippen molar-refractivity contribution in [3.63, 3.8) is 0 Å². The van der Waals surface area contributed by atoms with Gasteiger partial charge < -0.3 is 24.1 Å². The SMILES string of the molecule is COc1c(O)cc(C)c(OCCCCCCCCCCCOC(C)=O)c1OC. The normalized spacial score (nSPS) is 10.6. The number of aromatic hydroxyl groups is 1. The summed E-state index contributed by atoms with van der Waals surface area (Å²) in [6, 6.07) is 1.63. The Bertz CT molecular complexity index is 585. The number of aryl methyl sites for hydroxylation is 1. The van der Waals surface area contributed by atoms with E-state index in [-0.39, 0.29) is 11.7 Å². The summed E-state index contributed by atoms with van der Waals surface area (Å²) in [5, 5.41) is 9.94. The number of benzene rings is 1. The Labute approximate surface area is 169 Å². The van der Waals surface area contributed by atoms with E-state index in [4.69, 9.17) is 18.9 Å². The van der Waals surface area contributed by atoms with Gasteiger partial charge in [-0.15, -0.1) is 0 Å². The summed E-state index contributed by atoms with van der Waals surface area (Å²) in [4.78, 5) is 10.6. The van der Waals surface area contributed by atoms with Gasteiger partial charge in [-0.05, 0) is 31.4 Å². The number of carbonyl (C=O) groups is 1. The highest BCUT2D eigenvalue weighted by Crippen LogP contribution is 2.45. The minimum absolute atomic E-state index is 0.0515. The molecule has 160 valence electrons. The number of phenolic OH excluding ortho intramolecular Hbond substituents is 1. The number of esters is 1. The molecule has 0 saturated heterocycles. The summed E-state index contributed by atoms with van der Waals surface area (Å²) in [7, 11) is 3.04. The van der Waals surface area contributed by atoms with E-state index in [0.717, 1.165) is 31.2 Å². The van der Waals surface area contributed by atoms with Crippen molar-refractivity contribution in [1.29, 1.82) is 0 Å². The van der Waals surface area contributed by atoms with Crippen LogP contribution in [-0.4, -0.2) is 38.5 Å². The molecule has 0 amide bonds. The third kappa shape index (κ3) is 8.72. The van der Waals surface area contributed by atoms with Gasteiger partial charge in [-0.1, -0.05) is 44.9 Å². The zero-order valence-electron chi connectivity index (χ0n) is 17.8. The molecule has 6 nitrogen and oxygen atoms in total. The molecule has 0 unspecified atom stereocenters. The lowest BCUT2D eigenvalue weighted by molar-refractivity contribution is -0.141. The van der Waals surface area contributed by atoms with Crippen LogP contribution in [-0.2, 0) is 9.53 Å². The van der Waals surface area contributed by atoms with E-state index >= 15 is 0 Å². The van der Waals surface area contributed by atoms with Crippen molar-refractivity contribution >= 4 is 5.97 Å². The standard InChI is InChI=1S/C22H36O6/c1-17-16-19(24)21(25-3)22(26-4)20(17)28-15-13-11-9-7-5-6-8-10-12-14-27-18(2)23/h16,24H,5-15H2,1-4H3. The van der Waals surface area contributed by atoms with Crippen LogP contribution in [0.2, 0.25) is 0 Å². The molecule has 0 aliphatic rings. The van der Waals surface area contributed by atoms with Crippen LogP contribution >= 0.6 is 0 Å². The molecule has 1 aromatic carbocycles. The number of ether oxygens (including phenoxy) is 4. The summed E-state index contributed by atoms with van der Waals surface area (Å²) in [6.07, 6.45) is 10.3. The van der Waals surface area contributed by atoms with E-state index in [0.29, 0.717) is 30.5 Å². The maximum absolute atomic E-state index is 10.6. The lowest BCUT2D eigenvalue weighted by Crippen LogP contribution is -2.03. The van der Waals surface area contributed by atoms with Crippen LogP contribution in [0, 0.1) is 6.92 Å². The molecular formula is C22H36O6. The Morgan fingerprint density at radius 2 is 1.32 bits per heavy atom. The second-order valence-corrected chi connectivity index (χ2v) is 6.98. The van der Waals surface area contributed by atoms with Crippen LogP contribution in [0.3, 0.4) is 0 Å². The van der Waals surface area contributed by atoms with Crippen molar-refractivity contribution in [1.82, 2.24) is 0 Å². The summed E-state index contributed by atoms with van der Waals surface area (Å²) in [5.41, 5.74) is 0.823. The average molecular weight is 397 g/mol. The zero-order valence-corrected chi connectivity index (χ0v) is 17.8. The Morgan fingerprint density at radius 3 is 1.82 bits per heavy atom. The maximum atomic E-state index is 10.6. The van der Waals surface area contributed by atoms with Gasteiger partial charge >= 0.3 is 5.97 Å². The quantitative estimate of drug-likeness (QED) is 0.326. The highest BCUT2D eigenvalue weighted by atomic mass is 16.5. The fourth-order valence-corrected chi connectivity index (χ4v) is 3.13. The number of hydrogen-bond acceptors (Lipinski definition) is 6. The van der Waals surface area contributed by atoms with Crippen molar-refractivity contribution in [3.8, 4) is 23.0 Å². The first-order valence-corrected chi connectivity index (χ1v) is 10.2. The predicted molar refractivity (Wildman–Crippen MR) is 110 cm³/mol. The summed E-state index contributed by atoms with van der Waals surface area (Å²) in [5.74, 6) is 1.23. The molecule has 0 radical (unpaired) electrons. The van der Waals surface area contributed by atoms with Crippen LogP contribution < -0.4 is 14.2 Å². The minimum atomic E-state index is -0.192. The third-order valence-electron chi connectivity index (χ3n) is 4.61. The molecule has 0 bridgehead atoms. The average Bonchev–Trinajstić information content (AvgIpc) is 2.66. The number of unbranched alkanes of at least 4 members (excludes halogenated alkanes) is 8. The van der Waals surface area contributed by atoms with Crippen molar-refractivity contribution in [2.45, 2.75) is 71.6 Å². The van der Waals surface area contributed by atoms with Gasteiger partial charge in [0.2, 0.25) is 11.5 Å². The smallest absolute Gasteiger partial charge is 0.302 e. The molecule has 0 aromatic heterocycles. The summed E-state index contributed by atoms with van der Waals surface area (Å²) < 4.78 is 21.4. The van der Waals surface area contributed by atoms with Crippen molar-refractivity contribution in [2.24, 2.45) is 0 Å². The second kappa shape index (κ2) is 14.0. The van der Waals surface area contributed by atoms with Gasteiger partial charge in [-0.2, -0.15) is 0 Å². The molecule has 0 atom stereocenters. The topological polar surface area (TPSA) is 74.2 Å². The Kier molecular flexibility index (Phi) is 11.9. The van der Waals surface area contributed by atoms with Crippen LogP contribution in [0.5, 0.6) is 23.0 Å². The number of rotatable bonds is 15. The summed E-state index contributed by atoms with van der Waals surface area (Å²) in [6.45, 7) is 4.49. The number of methoxy groups -OCH3 is 2. The lowest BCUT2D eigenvalue weighted by atomic mass is 10.1. The molecule has 28 heavy (non-hydrogen) atoms. The maximum Gasteiger partial charge on any atom is 0.302 e.